The van der Waals surface area contributed by atoms with Gasteiger partial charge in [-0.2, -0.15) is 0 Å². The third kappa shape index (κ3) is 3.81. The molecule has 4 nitrogen and oxygen atoms in total. The minimum absolute atomic E-state index is 0.0168. The quantitative estimate of drug-likeness (QED) is 0.852. The van der Waals surface area contributed by atoms with E-state index in [1.54, 1.807) is 4.90 Å². The summed E-state index contributed by atoms with van der Waals surface area (Å²) < 4.78 is 31.0. The Balaban J connectivity index is 1.70. The van der Waals surface area contributed by atoms with Gasteiger partial charge in [0.15, 0.2) is 11.6 Å². The Morgan fingerprint density at radius 2 is 2.05 bits per heavy atom. The molecule has 0 bridgehead atoms. The molecule has 2 amide bonds. The standard InChI is InChI=1S/C13H16F2N2O2/c14-10-3-4-12(11(15)9-10)19-8-5-16-13(18)17-6-1-2-7-17/h3-4,9H,1-2,5-8H2,(H,16,18). The Kier molecular flexibility index (Phi) is 4.54. The Hall–Kier alpha value is -1.85. The van der Waals surface area contributed by atoms with Gasteiger partial charge in [0, 0.05) is 19.2 Å². The van der Waals surface area contributed by atoms with E-state index in [-0.39, 0.29) is 24.9 Å². The number of carbonyl (C=O) groups excluding carboxylic acids is 1. The Morgan fingerprint density at radius 3 is 2.74 bits per heavy atom. The van der Waals surface area contributed by atoms with Crippen molar-refractivity contribution >= 4 is 6.03 Å². The molecular formula is C13H16F2N2O2. The van der Waals surface area contributed by atoms with Gasteiger partial charge in [-0.15, -0.1) is 0 Å². The van der Waals surface area contributed by atoms with Crippen LogP contribution in [0.3, 0.4) is 0 Å². The van der Waals surface area contributed by atoms with E-state index in [0.29, 0.717) is 0 Å². The fraction of sp³-hybridized carbons (Fsp3) is 0.462. The second-order valence-corrected chi connectivity index (χ2v) is 4.35. The highest BCUT2D eigenvalue weighted by Gasteiger charge is 2.16. The minimum atomic E-state index is -0.745. The molecule has 1 heterocycles. The number of rotatable bonds is 4. The van der Waals surface area contributed by atoms with Crippen LogP contribution in [0.15, 0.2) is 18.2 Å². The summed E-state index contributed by atoms with van der Waals surface area (Å²) in [6.07, 6.45) is 2.06. The van der Waals surface area contributed by atoms with Crippen molar-refractivity contribution in [1.82, 2.24) is 10.2 Å². The monoisotopic (exact) mass is 270 g/mol. The number of likely N-dealkylation sites (tertiary alicyclic amines) is 1. The topological polar surface area (TPSA) is 41.6 Å². The molecule has 0 saturated carbocycles. The van der Waals surface area contributed by atoms with Gasteiger partial charge in [-0.1, -0.05) is 0 Å². The Labute approximate surface area is 110 Å². The van der Waals surface area contributed by atoms with Crippen molar-refractivity contribution in [3.05, 3.63) is 29.8 Å². The fourth-order valence-electron chi connectivity index (χ4n) is 1.94. The maximum atomic E-state index is 13.2. The van der Waals surface area contributed by atoms with E-state index in [2.05, 4.69) is 5.32 Å². The van der Waals surface area contributed by atoms with E-state index in [1.807, 2.05) is 0 Å². The summed E-state index contributed by atoms with van der Waals surface area (Å²) in [7, 11) is 0. The minimum Gasteiger partial charge on any atom is -0.489 e. The van der Waals surface area contributed by atoms with Crippen LogP contribution in [-0.4, -0.2) is 37.2 Å². The molecule has 0 spiro atoms. The summed E-state index contributed by atoms with van der Waals surface area (Å²) in [5, 5.41) is 2.69. The first-order chi connectivity index (χ1) is 9.16. The maximum absolute atomic E-state index is 13.2. The second-order valence-electron chi connectivity index (χ2n) is 4.35. The van der Waals surface area contributed by atoms with Gasteiger partial charge in [-0.25, -0.2) is 13.6 Å². The van der Waals surface area contributed by atoms with Crippen molar-refractivity contribution in [1.29, 1.82) is 0 Å². The zero-order chi connectivity index (χ0) is 13.7. The number of amides is 2. The molecule has 19 heavy (non-hydrogen) atoms. The number of ether oxygens (including phenoxy) is 1. The highest BCUT2D eigenvalue weighted by Crippen LogP contribution is 2.17. The third-order valence-corrected chi connectivity index (χ3v) is 2.92. The predicted octanol–water partition coefficient (Wildman–Crippen LogP) is 2.15. The molecule has 1 N–H and O–H groups in total. The molecule has 0 aromatic heterocycles. The molecule has 1 saturated heterocycles. The fourth-order valence-corrected chi connectivity index (χ4v) is 1.94. The van der Waals surface area contributed by atoms with Crippen molar-refractivity contribution in [2.24, 2.45) is 0 Å². The van der Waals surface area contributed by atoms with Crippen molar-refractivity contribution in [3.63, 3.8) is 0 Å². The largest absolute Gasteiger partial charge is 0.489 e. The van der Waals surface area contributed by atoms with Gasteiger partial charge in [0.1, 0.15) is 12.4 Å². The van der Waals surface area contributed by atoms with Crippen LogP contribution in [0.25, 0.3) is 0 Å². The lowest BCUT2D eigenvalue weighted by Crippen LogP contribution is -2.39. The molecular weight excluding hydrogens is 254 g/mol. The van der Waals surface area contributed by atoms with Gasteiger partial charge >= 0.3 is 6.03 Å². The average molecular weight is 270 g/mol. The van der Waals surface area contributed by atoms with E-state index < -0.39 is 11.6 Å². The van der Waals surface area contributed by atoms with Crippen LogP contribution in [0.1, 0.15) is 12.8 Å². The first-order valence-corrected chi connectivity index (χ1v) is 6.27. The number of benzene rings is 1. The van der Waals surface area contributed by atoms with E-state index in [9.17, 15) is 13.6 Å². The Bertz CT molecular complexity index is 448. The molecule has 0 radical (unpaired) electrons. The Morgan fingerprint density at radius 1 is 1.32 bits per heavy atom. The summed E-state index contributed by atoms with van der Waals surface area (Å²) in [6.45, 7) is 1.98. The van der Waals surface area contributed by atoms with E-state index in [0.717, 1.165) is 38.1 Å². The lowest BCUT2D eigenvalue weighted by Gasteiger charge is -2.16. The molecule has 2 rings (SSSR count). The molecule has 0 unspecified atom stereocenters. The van der Waals surface area contributed by atoms with Crippen molar-refractivity contribution in [3.8, 4) is 5.75 Å². The highest BCUT2D eigenvalue weighted by molar-refractivity contribution is 5.74. The number of nitrogens with zero attached hydrogens (tertiary/aromatic N) is 1. The summed E-state index contributed by atoms with van der Waals surface area (Å²) in [5.74, 6) is -1.41. The third-order valence-electron chi connectivity index (χ3n) is 2.92. The van der Waals surface area contributed by atoms with Crippen molar-refractivity contribution < 1.29 is 18.3 Å². The number of hydrogen-bond donors (Lipinski definition) is 1. The van der Waals surface area contributed by atoms with Crippen LogP contribution >= 0.6 is 0 Å². The van der Waals surface area contributed by atoms with Gasteiger partial charge in [-0.05, 0) is 25.0 Å². The molecule has 6 heteroatoms. The summed E-state index contributed by atoms with van der Waals surface area (Å²) in [6, 6.07) is 2.99. The van der Waals surface area contributed by atoms with Crippen LogP contribution in [0.4, 0.5) is 13.6 Å². The smallest absolute Gasteiger partial charge is 0.317 e. The van der Waals surface area contributed by atoms with E-state index >= 15 is 0 Å². The first kappa shape index (κ1) is 13.6. The molecule has 1 aromatic rings. The molecule has 1 aliphatic heterocycles. The van der Waals surface area contributed by atoms with Gasteiger partial charge in [-0.3, -0.25) is 0 Å². The number of nitrogens with one attached hydrogen (secondary N) is 1. The zero-order valence-electron chi connectivity index (χ0n) is 10.5. The number of halogens is 2. The van der Waals surface area contributed by atoms with Crippen LogP contribution in [0.2, 0.25) is 0 Å². The van der Waals surface area contributed by atoms with Crippen LogP contribution in [-0.2, 0) is 0 Å². The van der Waals surface area contributed by atoms with Crippen molar-refractivity contribution in [2.45, 2.75) is 12.8 Å². The van der Waals surface area contributed by atoms with Gasteiger partial charge < -0.3 is 15.0 Å². The molecule has 1 aliphatic rings. The van der Waals surface area contributed by atoms with Gasteiger partial charge in [0.2, 0.25) is 0 Å². The second kappa shape index (κ2) is 6.36. The van der Waals surface area contributed by atoms with Crippen molar-refractivity contribution in [2.75, 3.05) is 26.2 Å². The number of carbonyl (C=O) groups is 1. The van der Waals surface area contributed by atoms with Crippen LogP contribution in [0.5, 0.6) is 5.75 Å². The normalized spacial score (nSPS) is 14.5. The lowest BCUT2D eigenvalue weighted by molar-refractivity contribution is 0.205. The maximum Gasteiger partial charge on any atom is 0.317 e. The van der Waals surface area contributed by atoms with Gasteiger partial charge in [0.25, 0.3) is 0 Å². The number of urea groups is 1. The summed E-state index contributed by atoms with van der Waals surface area (Å²) in [4.78, 5) is 13.3. The van der Waals surface area contributed by atoms with Crippen LogP contribution in [0, 0.1) is 11.6 Å². The summed E-state index contributed by atoms with van der Waals surface area (Å²) >= 11 is 0. The van der Waals surface area contributed by atoms with Gasteiger partial charge in [0.05, 0.1) is 6.54 Å². The highest BCUT2D eigenvalue weighted by atomic mass is 19.1. The molecule has 1 aromatic carbocycles. The van der Waals surface area contributed by atoms with E-state index in [1.165, 1.54) is 6.07 Å². The molecule has 0 aliphatic carbocycles. The van der Waals surface area contributed by atoms with E-state index in [4.69, 9.17) is 4.74 Å². The predicted molar refractivity (Wildman–Crippen MR) is 66.1 cm³/mol. The van der Waals surface area contributed by atoms with Crippen LogP contribution < -0.4 is 10.1 Å². The zero-order valence-corrected chi connectivity index (χ0v) is 10.5. The average Bonchev–Trinajstić information content (AvgIpc) is 2.90. The molecule has 0 atom stereocenters. The first-order valence-electron chi connectivity index (χ1n) is 6.27. The summed E-state index contributed by atoms with van der Waals surface area (Å²) in [5.41, 5.74) is 0. The number of hydrogen-bond acceptors (Lipinski definition) is 2. The molecule has 1 fully saturated rings. The molecule has 104 valence electrons. The lowest BCUT2D eigenvalue weighted by atomic mass is 10.3. The SMILES string of the molecule is O=C(NCCOc1ccc(F)cc1F)N1CCCC1.